The fourth-order valence-electron chi connectivity index (χ4n) is 6.76. The van der Waals surface area contributed by atoms with Crippen molar-refractivity contribution in [2.75, 3.05) is 26.9 Å². The van der Waals surface area contributed by atoms with Gasteiger partial charge in [0.2, 0.25) is 11.8 Å². The van der Waals surface area contributed by atoms with E-state index in [1.807, 2.05) is 13.2 Å². The molecule has 0 aliphatic heterocycles. The molecule has 2 aromatic rings. The second-order valence-electron chi connectivity index (χ2n) is 10.4. The van der Waals surface area contributed by atoms with Crippen LogP contribution in [0.1, 0.15) is 50.3 Å². The summed E-state index contributed by atoms with van der Waals surface area (Å²) in [6, 6.07) is 5.47. The summed E-state index contributed by atoms with van der Waals surface area (Å²) in [5.74, 6) is -1.87. The molecule has 7 nitrogen and oxygen atoms in total. The number of amides is 2. The van der Waals surface area contributed by atoms with Gasteiger partial charge in [-0.1, -0.05) is 19.9 Å². The summed E-state index contributed by atoms with van der Waals surface area (Å²) in [5, 5.41) is 11.4. The SMILES string of the molecule is CC[C@@H](O[C@@]12CC3(C)C[C@@H](c4cc(-c5c(F)cccc5F)nnc41)C32SC)C(=O)NCC(=O)N(C)C. The Kier molecular flexibility index (Phi) is 5.91. The topological polar surface area (TPSA) is 84.4 Å². The lowest BCUT2D eigenvalue weighted by Crippen LogP contribution is -2.78. The molecule has 2 amide bonds. The number of carbonyl (C=O) groups is 2. The predicted molar refractivity (Wildman–Crippen MR) is 132 cm³/mol. The van der Waals surface area contributed by atoms with Crippen LogP contribution < -0.4 is 5.32 Å². The standard InChI is InChI=1S/C26H30F2N4O3S/c1-6-19(23(34)29-12-20(33)32(3)4)35-25-13-24(2)11-15(26(24,25)36-5)14-10-18(30-31-22(14)25)21-16(27)8-7-9-17(21)28/h7-10,15,19H,6,11-13H2,1-5H3,(H,29,34)/t15-,19+,24?,25-,26?/m0/s1. The van der Waals surface area contributed by atoms with Crippen LogP contribution in [-0.4, -0.2) is 64.7 Å². The maximum absolute atomic E-state index is 14.5. The maximum atomic E-state index is 14.5. The van der Waals surface area contributed by atoms with Gasteiger partial charge >= 0.3 is 0 Å². The van der Waals surface area contributed by atoms with Crippen LogP contribution in [0.5, 0.6) is 0 Å². The van der Waals surface area contributed by atoms with E-state index in [9.17, 15) is 18.4 Å². The number of hydrogen-bond donors (Lipinski definition) is 1. The van der Waals surface area contributed by atoms with Crippen molar-refractivity contribution >= 4 is 23.6 Å². The van der Waals surface area contributed by atoms with Gasteiger partial charge in [0.1, 0.15) is 29.0 Å². The van der Waals surface area contributed by atoms with Gasteiger partial charge in [0.05, 0.1) is 22.5 Å². The lowest BCUT2D eigenvalue weighted by molar-refractivity contribution is -0.264. The van der Waals surface area contributed by atoms with Crippen molar-refractivity contribution in [3.63, 3.8) is 0 Å². The Bertz CT molecular complexity index is 1240. The zero-order chi connectivity index (χ0) is 26.0. The number of benzene rings is 1. The number of carbonyl (C=O) groups excluding carboxylic acids is 2. The average molecular weight is 517 g/mol. The number of rotatable bonds is 8. The Labute approximate surface area is 213 Å². The Morgan fingerprint density at radius 2 is 1.97 bits per heavy atom. The fraction of sp³-hybridized carbons (Fsp3) is 0.538. The van der Waals surface area contributed by atoms with Crippen molar-refractivity contribution in [3.05, 3.63) is 47.2 Å². The second-order valence-corrected chi connectivity index (χ2v) is 11.5. The minimum absolute atomic E-state index is 0.0170. The third kappa shape index (κ3) is 3.13. The molecular weight excluding hydrogens is 486 g/mol. The molecular formula is C26H30F2N4O3S. The predicted octanol–water partition coefficient (Wildman–Crippen LogP) is 3.63. The van der Waals surface area contributed by atoms with Crippen LogP contribution in [0.25, 0.3) is 11.3 Å². The van der Waals surface area contributed by atoms with Crippen molar-refractivity contribution in [1.82, 2.24) is 20.4 Å². The van der Waals surface area contributed by atoms with Gasteiger partial charge in [-0.15, -0.1) is 5.10 Å². The summed E-state index contributed by atoms with van der Waals surface area (Å²) in [5.41, 5.74) is 0.619. The molecule has 0 spiro atoms. The highest BCUT2D eigenvalue weighted by molar-refractivity contribution is 8.00. The first-order valence-corrected chi connectivity index (χ1v) is 13.3. The number of hydrogen-bond acceptors (Lipinski definition) is 6. The number of nitrogens with one attached hydrogen (secondary N) is 1. The third-order valence-electron chi connectivity index (χ3n) is 8.32. The molecule has 5 rings (SSSR count). The number of likely N-dealkylation sites (N-methyl/N-ethyl adjacent to an activating group) is 1. The zero-order valence-corrected chi connectivity index (χ0v) is 21.8. The molecule has 1 heterocycles. The molecule has 36 heavy (non-hydrogen) atoms. The molecule has 3 aliphatic carbocycles. The van der Waals surface area contributed by atoms with Crippen molar-refractivity contribution in [2.24, 2.45) is 5.41 Å². The number of thioether (sulfide) groups is 1. The van der Waals surface area contributed by atoms with Gasteiger partial charge in [-0.3, -0.25) is 9.59 Å². The summed E-state index contributed by atoms with van der Waals surface area (Å²) >= 11 is 1.70. The summed E-state index contributed by atoms with van der Waals surface area (Å²) in [6.45, 7) is 3.97. The number of halogens is 2. The Morgan fingerprint density at radius 3 is 2.56 bits per heavy atom. The first-order chi connectivity index (χ1) is 17.0. The molecule has 1 aromatic heterocycles. The molecule has 5 atom stereocenters. The summed E-state index contributed by atoms with van der Waals surface area (Å²) in [4.78, 5) is 26.4. The zero-order valence-electron chi connectivity index (χ0n) is 21.0. The lowest BCUT2D eigenvalue weighted by Gasteiger charge is -2.75. The van der Waals surface area contributed by atoms with Gasteiger partial charge in [0, 0.05) is 20.0 Å². The van der Waals surface area contributed by atoms with Crippen LogP contribution in [-0.2, 0) is 19.9 Å². The maximum Gasteiger partial charge on any atom is 0.249 e. The van der Waals surface area contributed by atoms with E-state index in [0.29, 0.717) is 18.5 Å². The molecule has 2 fully saturated rings. The lowest BCUT2D eigenvalue weighted by atomic mass is 9.39. The van der Waals surface area contributed by atoms with E-state index < -0.39 is 23.3 Å². The molecule has 0 saturated heterocycles. The normalized spacial score (nSPS) is 29.9. The van der Waals surface area contributed by atoms with Crippen molar-refractivity contribution < 1.29 is 23.1 Å². The van der Waals surface area contributed by atoms with E-state index in [1.165, 1.54) is 23.1 Å². The highest BCUT2D eigenvalue weighted by Crippen LogP contribution is 2.86. The first-order valence-electron chi connectivity index (χ1n) is 12.1. The minimum Gasteiger partial charge on any atom is -0.354 e. The highest BCUT2D eigenvalue weighted by Gasteiger charge is 2.87. The minimum atomic E-state index is -0.845. The van der Waals surface area contributed by atoms with E-state index in [-0.39, 0.29) is 45.7 Å². The van der Waals surface area contributed by atoms with E-state index in [1.54, 1.807) is 31.9 Å². The van der Waals surface area contributed by atoms with Gasteiger partial charge < -0.3 is 15.0 Å². The molecule has 10 heteroatoms. The summed E-state index contributed by atoms with van der Waals surface area (Å²) in [7, 11) is 3.26. The van der Waals surface area contributed by atoms with Gasteiger partial charge in [-0.05, 0) is 54.7 Å². The van der Waals surface area contributed by atoms with E-state index in [4.69, 9.17) is 4.74 Å². The summed E-state index contributed by atoms with van der Waals surface area (Å²) in [6.07, 6.45) is 3.24. The smallest absolute Gasteiger partial charge is 0.249 e. The Hall–Kier alpha value is -2.59. The van der Waals surface area contributed by atoms with E-state index >= 15 is 0 Å². The molecule has 1 aromatic carbocycles. The number of nitrogens with zero attached hydrogens (tertiary/aromatic N) is 3. The van der Waals surface area contributed by atoms with Crippen LogP contribution in [0, 0.1) is 17.0 Å². The molecule has 3 aliphatic rings. The quantitative estimate of drug-likeness (QED) is 0.577. The molecule has 192 valence electrons. The Balaban J connectivity index is 1.51. The second kappa shape index (κ2) is 8.48. The molecule has 0 bridgehead atoms. The van der Waals surface area contributed by atoms with E-state index in [2.05, 4.69) is 22.4 Å². The molecule has 2 saturated carbocycles. The van der Waals surface area contributed by atoms with Crippen LogP contribution >= 0.6 is 11.8 Å². The van der Waals surface area contributed by atoms with Crippen molar-refractivity contribution in [1.29, 1.82) is 0 Å². The third-order valence-corrected chi connectivity index (χ3v) is 10.1. The largest absolute Gasteiger partial charge is 0.354 e. The van der Waals surface area contributed by atoms with Crippen LogP contribution in [0.2, 0.25) is 0 Å². The van der Waals surface area contributed by atoms with E-state index in [0.717, 1.165) is 12.0 Å². The van der Waals surface area contributed by atoms with Crippen LogP contribution in [0.3, 0.4) is 0 Å². The number of fused-ring (bicyclic) bond motifs is 3. The number of ether oxygens (including phenoxy) is 1. The molecule has 1 N–H and O–H groups in total. The molecule has 0 radical (unpaired) electrons. The van der Waals surface area contributed by atoms with Gasteiger partial charge in [0.25, 0.3) is 0 Å². The fourth-order valence-corrected chi connectivity index (χ4v) is 8.45. The highest BCUT2D eigenvalue weighted by atomic mass is 32.2. The first kappa shape index (κ1) is 25.1. The van der Waals surface area contributed by atoms with Gasteiger partial charge in [-0.2, -0.15) is 16.9 Å². The summed E-state index contributed by atoms with van der Waals surface area (Å²) < 4.78 is 35.4. The average Bonchev–Trinajstić information content (AvgIpc) is 2.89. The van der Waals surface area contributed by atoms with Crippen molar-refractivity contribution in [2.45, 2.75) is 55.5 Å². The van der Waals surface area contributed by atoms with Gasteiger partial charge in [-0.25, -0.2) is 8.78 Å². The number of aromatic nitrogens is 2. The van der Waals surface area contributed by atoms with Crippen molar-refractivity contribution in [3.8, 4) is 11.3 Å². The molecule has 2 unspecified atom stereocenters. The van der Waals surface area contributed by atoms with Gasteiger partial charge in [0.15, 0.2) is 0 Å². The Morgan fingerprint density at radius 1 is 1.28 bits per heavy atom. The van der Waals surface area contributed by atoms with Crippen LogP contribution in [0.4, 0.5) is 8.78 Å². The monoisotopic (exact) mass is 516 g/mol. The van der Waals surface area contributed by atoms with Crippen LogP contribution in [0.15, 0.2) is 24.3 Å².